The van der Waals surface area contributed by atoms with Gasteiger partial charge in [-0.15, -0.1) is 45.3 Å². The fourth-order valence-corrected chi connectivity index (χ4v) is 29.2. The fourth-order valence-electron chi connectivity index (χ4n) is 21.8. The first-order valence-electron chi connectivity index (χ1n) is 50.4. The van der Waals surface area contributed by atoms with Gasteiger partial charge in [0, 0.05) is 84.2 Å². The number of ketones is 2. The molecule has 4 aliphatic carbocycles. The Bertz CT molecular complexity index is 6490. The summed E-state index contributed by atoms with van der Waals surface area (Å²) in [7, 11) is 0. The van der Waals surface area contributed by atoms with Crippen molar-refractivity contribution in [3.05, 3.63) is 324 Å². The van der Waals surface area contributed by atoms with Gasteiger partial charge >= 0.3 is 0 Å². The number of carbonyl (C=O) groups excluding carboxylic acids is 2. The van der Waals surface area contributed by atoms with Crippen LogP contribution in [-0.4, -0.2) is 24.8 Å². The Morgan fingerprint density at radius 3 is 1.03 bits per heavy atom. The third-order valence-corrected chi connectivity index (χ3v) is 36.4. The zero-order valence-corrected chi connectivity index (χ0v) is 86.3. The first-order valence-corrected chi connectivity index (χ1v) is 55.3. The standard InChI is InChI=1S/C122H126N4O4S6/c1-15-23-29-33-43-81-47-37-51-85(63-81)121(86-52-38-48-82(64-86)44-34-30-24-16-2)97-69-89(67-95-105(99(71-123)125-13)91-59-75(9)77(11)61-93(91)113(95)127)131-115(97)119-111(121)109-107(101-55-57-103(133-101)129-73-79(21-7)41-27-19-5)118-110(108(117(109)135-119)102-56-58-104(134-102)130-74-80(22-8)42-28-20-6)112-120(136-118)116-98(70-90(132-116)68-96-106(100(72-124)126-14)92-60-76(10)78(12)62-94(92)114(96)128)122(112,87-53-39-49-83(65-87)45-35-31-25-17-3)88-54-40-50-84(66-88)46-36-32-26-18-4/h37-40,47-70,79-80H,15-36,41-46,73-74H2,1-12H3/b95-67-,96-68-,105-99-,106-100+. The molecule has 0 saturated carbocycles. The van der Waals surface area contributed by atoms with Gasteiger partial charge in [0.25, 0.3) is 11.4 Å². The lowest BCUT2D eigenvalue weighted by Gasteiger charge is -2.35. The van der Waals surface area contributed by atoms with Crippen molar-refractivity contribution in [2.24, 2.45) is 11.8 Å². The van der Waals surface area contributed by atoms with Gasteiger partial charge in [0.15, 0.2) is 21.7 Å². The van der Waals surface area contributed by atoms with Gasteiger partial charge in [-0.2, -0.15) is 0 Å². The third-order valence-electron chi connectivity index (χ3n) is 29.4. The SMILES string of the molecule is [C-]#[N+]/C(C#N)=C1\C(=C\c2cc3c(s2)-c2sc4c(-c5ccc(OCC(CC)CCCC)s5)c5c6c(sc5c(-c5ccc(OCC(CC)CCCC)s5)c4c2C3(c2cccc(CCCCCC)c2)c2cccc(CCCCCC)c2)-c2sc(/C=C3\C(=O)c4cc(C)c(C)cc4\C3=C(\C#N)[N+]#[C-])cc2C6(c2cccc(CCCCCC)c2)c2cccc(CCCCCC)c2)C(=O)c2cc(C)c(C)cc21. The van der Waals surface area contributed by atoms with Crippen LogP contribution in [0, 0.1) is 75.3 Å². The molecule has 6 heterocycles. The minimum atomic E-state index is -1.02. The number of fused-ring (bicyclic) bond motifs is 12. The topological polar surface area (TPSA) is 109 Å². The molecule has 0 radical (unpaired) electrons. The molecule has 7 aromatic carbocycles. The molecule has 0 aliphatic heterocycles. The molecule has 2 atom stereocenters. The molecule has 694 valence electrons. The molecule has 17 rings (SSSR count). The van der Waals surface area contributed by atoms with E-state index < -0.39 is 10.8 Å². The Balaban J connectivity index is 1.07. The maximum absolute atomic E-state index is 15.7. The van der Waals surface area contributed by atoms with E-state index in [9.17, 15) is 10.5 Å². The van der Waals surface area contributed by atoms with Crippen molar-refractivity contribution in [3.8, 4) is 62.7 Å². The second-order valence-electron chi connectivity index (χ2n) is 38.4. The van der Waals surface area contributed by atoms with Crippen LogP contribution in [0.15, 0.2) is 180 Å². The molecule has 0 saturated heterocycles. The summed E-state index contributed by atoms with van der Waals surface area (Å²) in [6.07, 6.45) is 34.3. The molecule has 0 N–H and O–H groups in total. The lowest BCUT2D eigenvalue weighted by Crippen LogP contribution is -2.29. The van der Waals surface area contributed by atoms with Crippen molar-refractivity contribution in [2.75, 3.05) is 13.2 Å². The summed E-state index contributed by atoms with van der Waals surface area (Å²) >= 11 is 10.8. The van der Waals surface area contributed by atoms with E-state index in [1.54, 1.807) is 45.3 Å². The van der Waals surface area contributed by atoms with E-state index in [2.05, 4.69) is 211 Å². The van der Waals surface area contributed by atoms with Crippen LogP contribution in [-0.2, 0) is 36.5 Å². The number of thiophene rings is 6. The Morgan fingerprint density at radius 1 is 0.390 bits per heavy atom. The molecule has 13 aromatic rings. The molecule has 0 bridgehead atoms. The molecule has 0 spiro atoms. The maximum Gasteiger partial charge on any atom is 0.270 e. The van der Waals surface area contributed by atoms with Crippen molar-refractivity contribution in [1.29, 1.82) is 10.5 Å². The number of hydrogen-bond donors (Lipinski definition) is 0. The average Bonchev–Trinajstić information content (AvgIpc) is 1.48. The van der Waals surface area contributed by atoms with E-state index in [4.69, 9.17) is 22.6 Å². The maximum atomic E-state index is 15.7. The smallest absolute Gasteiger partial charge is 0.270 e. The highest BCUT2D eigenvalue weighted by molar-refractivity contribution is 7.30. The molecule has 0 amide bonds. The summed E-state index contributed by atoms with van der Waals surface area (Å²) in [5, 5.41) is 26.2. The van der Waals surface area contributed by atoms with Crippen LogP contribution in [0.25, 0.3) is 93.6 Å². The van der Waals surface area contributed by atoms with E-state index in [1.807, 2.05) is 86.8 Å². The molecule has 6 aromatic heterocycles. The summed E-state index contributed by atoms with van der Waals surface area (Å²) in [4.78, 5) is 47.7. The Labute approximate surface area is 831 Å². The van der Waals surface area contributed by atoms with Gasteiger partial charge in [0.05, 0.1) is 68.8 Å². The normalized spacial score (nSPS) is 15.5. The highest BCUT2D eigenvalue weighted by Gasteiger charge is 2.55. The van der Waals surface area contributed by atoms with E-state index in [-0.39, 0.29) is 23.0 Å². The third kappa shape index (κ3) is 18.3. The number of benzene rings is 7. The monoisotopic (exact) mass is 1900 g/mol. The number of ether oxygens (including phenoxy) is 2. The van der Waals surface area contributed by atoms with Gasteiger partial charge in [0.2, 0.25) is 0 Å². The second kappa shape index (κ2) is 43.0. The first kappa shape index (κ1) is 96.8. The van der Waals surface area contributed by atoms with Crippen LogP contribution in [0.3, 0.4) is 0 Å². The largest absolute Gasteiger partial charge is 0.484 e. The number of unbranched alkanes of at least 4 members (excludes halogenated alkanes) is 14. The van der Waals surface area contributed by atoms with Crippen molar-refractivity contribution in [1.82, 2.24) is 0 Å². The quantitative estimate of drug-likeness (QED) is 0.0163. The predicted octanol–water partition coefficient (Wildman–Crippen LogP) is 36.2. The molecule has 4 aliphatic rings. The van der Waals surface area contributed by atoms with E-state index in [0.717, 1.165) is 264 Å². The van der Waals surface area contributed by atoms with Gasteiger partial charge in [-0.1, -0.05) is 303 Å². The van der Waals surface area contributed by atoms with Crippen LogP contribution in [0.2, 0.25) is 0 Å². The van der Waals surface area contributed by atoms with Crippen molar-refractivity contribution in [2.45, 2.75) is 274 Å². The predicted molar refractivity (Wildman–Crippen MR) is 578 cm³/mol. The van der Waals surface area contributed by atoms with Crippen molar-refractivity contribution in [3.63, 3.8) is 0 Å². The number of allylic oxidation sites excluding steroid dienone is 6. The summed E-state index contributed by atoms with van der Waals surface area (Å²) in [5.41, 5.74) is 22.3. The van der Waals surface area contributed by atoms with Gasteiger partial charge in [-0.3, -0.25) is 9.59 Å². The number of Topliss-reactive ketones (excluding diaryl/α,β-unsaturated/α-hetero) is 2. The number of nitrogens with zero attached hydrogens (tertiary/aromatic N) is 4. The summed E-state index contributed by atoms with van der Waals surface area (Å²) in [5.74, 6) is 0.386. The summed E-state index contributed by atoms with van der Waals surface area (Å²) in [6, 6.07) is 65.1. The highest BCUT2D eigenvalue weighted by atomic mass is 32.1. The lowest BCUT2D eigenvalue weighted by atomic mass is 9.65. The van der Waals surface area contributed by atoms with E-state index in [1.165, 1.54) is 85.6 Å². The molecular weight excluding hydrogens is 1780 g/mol. The van der Waals surface area contributed by atoms with Crippen LogP contribution in [0.5, 0.6) is 10.1 Å². The molecule has 2 unspecified atom stereocenters. The van der Waals surface area contributed by atoms with Crippen LogP contribution < -0.4 is 9.47 Å². The van der Waals surface area contributed by atoms with E-state index in [0.29, 0.717) is 69.6 Å². The van der Waals surface area contributed by atoms with Crippen LogP contribution >= 0.6 is 68.0 Å². The second-order valence-corrected chi connectivity index (χ2v) is 44.7. The van der Waals surface area contributed by atoms with Crippen LogP contribution in [0.1, 0.15) is 340 Å². The van der Waals surface area contributed by atoms with Crippen molar-refractivity contribution >= 4 is 123 Å². The van der Waals surface area contributed by atoms with Gasteiger partial charge in [0.1, 0.15) is 0 Å². The summed E-state index contributed by atoms with van der Waals surface area (Å²) < 4.78 is 16.9. The summed E-state index contributed by atoms with van der Waals surface area (Å²) in [6.45, 7) is 44.8. The number of rotatable bonds is 42. The Hall–Kier alpha value is -10.9. The van der Waals surface area contributed by atoms with Gasteiger partial charge in [-0.25, -0.2) is 20.2 Å². The zero-order chi connectivity index (χ0) is 95.1. The number of aryl methyl sites for hydroxylation is 8. The average molecular weight is 1900 g/mol. The number of hydrogen-bond acceptors (Lipinski definition) is 12. The van der Waals surface area contributed by atoms with Gasteiger partial charge < -0.3 is 9.47 Å². The minimum Gasteiger partial charge on any atom is -0.484 e. The number of carbonyl (C=O) groups is 2. The first-order chi connectivity index (χ1) is 66.4. The zero-order valence-electron chi connectivity index (χ0n) is 81.4. The molecule has 14 heteroatoms. The Morgan fingerprint density at radius 2 is 0.721 bits per heavy atom. The molecule has 136 heavy (non-hydrogen) atoms. The van der Waals surface area contributed by atoms with E-state index >= 15 is 9.59 Å². The number of nitriles is 2. The lowest BCUT2D eigenvalue weighted by molar-refractivity contribution is 0.103. The highest BCUT2D eigenvalue weighted by Crippen LogP contribution is 2.71. The fraction of sp³-hybridized carbons (Fsp3) is 0.377. The van der Waals surface area contributed by atoms with Crippen LogP contribution in [0.4, 0.5) is 0 Å². The molecule has 0 fully saturated rings. The van der Waals surface area contributed by atoms with Gasteiger partial charge in [-0.05, 0) is 265 Å². The molecule has 8 nitrogen and oxygen atoms in total. The van der Waals surface area contributed by atoms with Crippen molar-refractivity contribution < 1.29 is 19.1 Å². The molecular formula is C122H126N4O4S6. The minimum absolute atomic E-state index is 0.101. The Kier molecular flexibility index (Phi) is 30.6.